The van der Waals surface area contributed by atoms with Crippen LogP contribution in [-0.2, 0) is 4.74 Å². The Balaban J connectivity index is 1.26. The van der Waals surface area contributed by atoms with Crippen molar-refractivity contribution in [1.29, 1.82) is 0 Å². The van der Waals surface area contributed by atoms with Crippen molar-refractivity contribution in [3.63, 3.8) is 0 Å². The maximum absolute atomic E-state index is 12.3. The number of allylic oxidation sites excluding steroid dienone is 3. The second kappa shape index (κ2) is 9.51. The molecular formula is C30H42N2O2. The summed E-state index contributed by atoms with van der Waals surface area (Å²) in [5.74, 6) is 2.22. The molecule has 5 rings (SSSR count). The molecule has 0 radical (unpaired) electrons. The first kappa shape index (κ1) is 23.6. The summed E-state index contributed by atoms with van der Waals surface area (Å²) in [5, 5.41) is 2.95. The van der Waals surface area contributed by atoms with Gasteiger partial charge in [-0.05, 0) is 90.7 Å². The van der Waals surface area contributed by atoms with Gasteiger partial charge in [0.2, 0.25) is 0 Å². The van der Waals surface area contributed by atoms with Gasteiger partial charge in [-0.1, -0.05) is 57.4 Å². The van der Waals surface area contributed by atoms with Crippen molar-refractivity contribution in [3.8, 4) is 0 Å². The molecule has 184 valence electrons. The number of alkyl carbamates (subject to hydrolysis) is 1. The van der Waals surface area contributed by atoms with E-state index in [4.69, 9.17) is 4.74 Å². The average molecular weight is 463 g/mol. The summed E-state index contributed by atoms with van der Waals surface area (Å²) in [4.78, 5) is 16.7. The Bertz CT molecular complexity index is 954. The number of carbonyl (C=O) groups excluding carboxylic acids is 1. The van der Waals surface area contributed by atoms with E-state index in [-0.39, 0.29) is 23.0 Å². The van der Waals surface area contributed by atoms with Gasteiger partial charge in [-0.2, -0.15) is 0 Å². The fourth-order valence-corrected chi connectivity index (χ4v) is 8.02. The number of nitrogens with one attached hydrogen (secondary N) is 1. The lowest BCUT2D eigenvalue weighted by molar-refractivity contribution is -0.0262. The SMILES string of the molecule is CCCCCNC(=O)O[C@H]1CC[C@@]2(C)C(=CC[C@@H]3[C@@H]2CC[C@]2(C)C(c4cccnc4)=CC[C@@H]32)C1. The van der Waals surface area contributed by atoms with E-state index in [1.807, 2.05) is 12.4 Å². The third-order valence-electron chi connectivity index (χ3n) is 9.94. The van der Waals surface area contributed by atoms with Gasteiger partial charge in [0.25, 0.3) is 0 Å². The van der Waals surface area contributed by atoms with Gasteiger partial charge < -0.3 is 10.1 Å². The Labute approximate surface area is 205 Å². The Morgan fingerprint density at radius 1 is 1.12 bits per heavy atom. The number of rotatable bonds is 6. The zero-order chi connectivity index (χ0) is 23.8. The van der Waals surface area contributed by atoms with Gasteiger partial charge in [0.1, 0.15) is 6.10 Å². The van der Waals surface area contributed by atoms with Gasteiger partial charge in [0.05, 0.1) is 0 Å². The minimum absolute atomic E-state index is 0.0289. The molecule has 1 amide bonds. The van der Waals surface area contributed by atoms with Gasteiger partial charge in [0.15, 0.2) is 0 Å². The van der Waals surface area contributed by atoms with Gasteiger partial charge in [-0.25, -0.2) is 4.79 Å². The smallest absolute Gasteiger partial charge is 0.407 e. The number of hydrogen-bond acceptors (Lipinski definition) is 3. The molecule has 0 aliphatic heterocycles. The molecule has 1 heterocycles. The van der Waals surface area contributed by atoms with Crippen molar-refractivity contribution in [1.82, 2.24) is 10.3 Å². The maximum atomic E-state index is 12.3. The predicted molar refractivity (Wildman–Crippen MR) is 137 cm³/mol. The Morgan fingerprint density at radius 3 is 2.76 bits per heavy atom. The topological polar surface area (TPSA) is 51.2 Å². The van der Waals surface area contributed by atoms with E-state index >= 15 is 0 Å². The summed E-state index contributed by atoms with van der Waals surface area (Å²) in [7, 11) is 0. The lowest BCUT2D eigenvalue weighted by atomic mass is 9.47. The number of hydrogen-bond donors (Lipinski definition) is 1. The van der Waals surface area contributed by atoms with Crippen molar-refractivity contribution < 1.29 is 9.53 Å². The van der Waals surface area contributed by atoms with Crippen LogP contribution in [0.15, 0.2) is 42.3 Å². The molecule has 4 aliphatic carbocycles. The molecule has 6 atom stereocenters. The zero-order valence-electron chi connectivity index (χ0n) is 21.3. The molecule has 2 saturated carbocycles. The lowest BCUT2D eigenvalue weighted by Crippen LogP contribution is -2.50. The molecule has 4 aliphatic rings. The number of unbranched alkanes of at least 4 members (excludes halogenated alkanes) is 2. The molecule has 1 aromatic rings. The second-order valence-electron chi connectivity index (χ2n) is 11.7. The molecule has 0 aromatic carbocycles. The minimum atomic E-state index is -0.229. The lowest BCUT2D eigenvalue weighted by Gasteiger charge is -2.57. The molecule has 1 aromatic heterocycles. The maximum Gasteiger partial charge on any atom is 0.407 e. The van der Waals surface area contributed by atoms with Crippen LogP contribution >= 0.6 is 0 Å². The Morgan fingerprint density at radius 2 is 1.97 bits per heavy atom. The average Bonchev–Trinajstić information content (AvgIpc) is 3.20. The molecule has 4 nitrogen and oxygen atoms in total. The number of nitrogens with zero attached hydrogens (tertiary/aromatic N) is 1. The summed E-state index contributed by atoms with van der Waals surface area (Å²) in [6.07, 6.45) is 20.1. The number of aromatic nitrogens is 1. The molecule has 0 bridgehead atoms. The van der Waals surface area contributed by atoms with E-state index < -0.39 is 0 Å². The number of amides is 1. The van der Waals surface area contributed by atoms with E-state index in [2.05, 4.69) is 55.4 Å². The molecule has 1 N–H and O–H groups in total. The summed E-state index contributed by atoms with van der Waals surface area (Å²) in [6, 6.07) is 4.31. The molecular weight excluding hydrogens is 420 g/mol. The van der Waals surface area contributed by atoms with Gasteiger partial charge in [-0.3, -0.25) is 4.98 Å². The van der Waals surface area contributed by atoms with Crippen LogP contribution in [0.4, 0.5) is 4.79 Å². The Hall–Kier alpha value is -2.10. The van der Waals surface area contributed by atoms with Gasteiger partial charge in [-0.15, -0.1) is 0 Å². The molecule has 4 heteroatoms. The molecule has 0 saturated heterocycles. The number of pyridine rings is 1. The number of ether oxygens (including phenoxy) is 1. The highest BCUT2D eigenvalue weighted by Crippen LogP contribution is 2.66. The van der Waals surface area contributed by atoms with E-state index in [0.717, 1.165) is 62.8 Å². The van der Waals surface area contributed by atoms with Crippen LogP contribution in [0.3, 0.4) is 0 Å². The number of carbonyl (C=O) groups is 1. The summed E-state index contributed by atoms with van der Waals surface area (Å²) in [5.41, 5.74) is 4.94. The van der Waals surface area contributed by atoms with Crippen LogP contribution in [0, 0.1) is 28.6 Å². The number of fused-ring (bicyclic) bond motifs is 5. The first-order valence-electron chi connectivity index (χ1n) is 13.7. The normalized spacial score (nSPS) is 36.4. The third-order valence-corrected chi connectivity index (χ3v) is 9.94. The summed E-state index contributed by atoms with van der Waals surface area (Å²) >= 11 is 0. The summed E-state index contributed by atoms with van der Waals surface area (Å²) < 4.78 is 5.84. The van der Waals surface area contributed by atoms with Crippen LogP contribution in [0.2, 0.25) is 0 Å². The summed E-state index contributed by atoms with van der Waals surface area (Å²) in [6.45, 7) is 7.93. The fourth-order valence-electron chi connectivity index (χ4n) is 8.02. The van der Waals surface area contributed by atoms with Crippen molar-refractivity contribution in [2.45, 2.75) is 91.1 Å². The third kappa shape index (κ3) is 4.12. The van der Waals surface area contributed by atoms with E-state index in [9.17, 15) is 4.79 Å². The molecule has 0 unspecified atom stereocenters. The first-order chi connectivity index (χ1) is 16.5. The van der Waals surface area contributed by atoms with Crippen molar-refractivity contribution in [2.75, 3.05) is 6.54 Å². The highest BCUT2D eigenvalue weighted by molar-refractivity contribution is 5.72. The van der Waals surface area contributed by atoms with Crippen LogP contribution in [-0.4, -0.2) is 23.7 Å². The standard InChI is InChI=1S/C30H42N2O2/c1-4-5-6-18-32-28(33)34-23-13-15-29(2)22(19-23)9-10-24-26-12-11-25(21-8-7-17-31-20-21)30(26,3)16-14-27(24)29/h7-9,11,17,20,23-24,26-27H,4-6,10,12-16,18-19H2,1-3H3,(H,32,33)/t23-,24-,26-,27-,29-,30+/m0/s1. The second-order valence-corrected chi connectivity index (χ2v) is 11.7. The van der Waals surface area contributed by atoms with Crippen LogP contribution in [0.25, 0.3) is 5.57 Å². The van der Waals surface area contributed by atoms with Crippen molar-refractivity contribution in [2.24, 2.45) is 28.6 Å². The molecule has 2 fully saturated rings. The highest BCUT2D eigenvalue weighted by Gasteiger charge is 2.57. The minimum Gasteiger partial charge on any atom is -0.446 e. The highest BCUT2D eigenvalue weighted by atomic mass is 16.6. The molecule has 34 heavy (non-hydrogen) atoms. The van der Waals surface area contributed by atoms with Crippen LogP contribution in [0.5, 0.6) is 0 Å². The quantitative estimate of drug-likeness (QED) is 0.356. The van der Waals surface area contributed by atoms with Gasteiger partial charge >= 0.3 is 6.09 Å². The van der Waals surface area contributed by atoms with E-state index in [1.165, 1.54) is 36.8 Å². The first-order valence-corrected chi connectivity index (χ1v) is 13.7. The van der Waals surface area contributed by atoms with E-state index in [0.29, 0.717) is 0 Å². The molecule has 0 spiro atoms. The fraction of sp³-hybridized carbons (Fsp3) is 0.667. The predicted octanol–water partition coefficient (Wildman–Crippen LogP) is 7.32. The Kier molecular flexibility index (Phi) is 6.61. The van der Waals surface area contributed by atoms with Crippen LogP contribution < -0.4 is 5.32 Å². The van der Waals surface area contributed by atoms with E-state index in [1.54, 1.807) is 5.57 Å². The van der Waals surface area contributed by atoms with Crippen molar-refractivity contribution in [3.05, 3.63) is 47.8 Å². The van der Waals surface area contributed by atoms with Crippen molar-refractivity contribution >= 4 is 11.7 Å². The monoisotopic (exact) mass is 462 g/mol. The van der Waals surface area contributed by atoms with Gasteiger partial charge in [0, 0.05) is 25.4 Å². The zero-order valence-corrected chi connectivity index (χ0v) is 21.3. The van der Waals surface area contributed by atoms with Crippen LogP contribution in [0.1, 0.15) is 90.5 Å². The largest absolute Gasteiger partial charge is 0.446 e.